The molecule has 0 spiro atoms. The predicted molar refractivity (Wildman–Crippen MR) is 96.8 cm³/mol. The number of nitrogens with zero attached hydrogens (tertiary/aromatic N) is 1. The van der Waals surface area contributed by atoms with Gasteiger partial charge in [0.05, 0.1) is 11.9 Å². The Labute approximate surface area is 147 Å². The lowest BCUT2D eigenvalue weighted by molar-refractivity contribution is -0.119. The van der Waals surface area contributed by atoms with Crippen LogP contribution in [0.4, 0.5) is 5.69 Å². The number of sulfonamides is 1. The zero-order chi connectivity index (χ0) is 17.6. The summed E-state index contributed by atoms with van der Waals surface area (Å²) >= 11 is 5.91. The molecule has 0 saturated heterocycles. The Balaban J connectivity index is 1.94. The molecular weight excluding hydrogens is 348 g/mol. The minimum Gasteiger partial charge on any atom is -0.354 e. The summed E-state index contributed by atoms with van der Waals surface area (Å²) in [5.74, 6) is -0.355. The lowest BCUT2D eigenvalue weighted by Crippen LogP contribution is -2.40. The molecule has 24 heavy (non-hydrogen) atoms. The summed E-state index contributed by atoms with van der Waals surface area (Å²) in [6.07, 6.45) is 1.70. The molecule has 128 valence electrons. The van der Waals surface area contributed by atoms with E-state index in [0.29, 0.717) is 23.7 Å². The number of carbonyl (C=O) groups is 1. The molecule has 0 radical (unpaired) electrons. The van der Waals surface area contributed by atoms with Crippen molar-refractivity contribution < 1.29 is 13.2 Å². The van der Waals surface area contributed by atoms with Crippen LogP contribution in [0, 0.1) is 0 Å². The maximum atomic E-state index is 12.1. The van der Waals surface area contributed by atoms with Gasteiger partial charge >= 0.3 is 0 Å². The van der Waals surface area contributed by atoms with E-state index in [1.54, 1.807) is 36.4 Å². The van der Waals surface area contributed by atoms with Crippen LogP contribution in [-0.2, 0) is 21.2 Å². The number of halogens is 1. The van der Waals surface area contributed by atoms with Crippen molar-refractivity contribution in [3.05, 3.63) is 65.2 Å². The largest absolute Gasteiger partial charge is 0.354 e. The van der Waals surface area contributed by atoms with Gasteiger partial charge in [-0.3, -0.25) is 9.10 Å². The standard InChI is InChI=1S/C17H19ClN2O3S/c1-24(22,23)20(16-8-3-2-4-9-16)13-17(21)19-11-10-14-6-5-7-15(18)12-14/h2-9,12H,10-11,13H2,1H3,(H,19,21). The number of rotatable bonds is 7. The van der Waals surface area contributed by atoms with Gasteiger partial charge in [-0.2, -0.15) is 0 Å². The van der Waals surface area contributed by atoms with E-state index in [9.17, 15) is 13.2 Å². The summed E-state index contributed by atoms with van der Waals surface area (Å²) in [7, 11) is -3.54. The van der Waals surface area contributed by atoms with E-state index in [2.05, 4.69) is 5.32 Å². The highest BCUT2D eigenvalue weighted by molar-refractivity contribution is 7.92. The molecule has 1 N–H and O–H groups in total. The number of hydrogen-bond donors (Lipinski definition) is 1. The molecule has 0 saturated carbocycles. The van der Waals surface area contributed by atoms with Crippen LogP contribution < -0.4 is 9.62 Å². The quantitative estimate of drug-likeness (QED) is 0.818. The molecule has 0 atom stereocenters. The van der Waals surface area contributed by atoms with E-state index < -0.39 is 10.0 Å². The first-order chi connectivity index (χ1) is 11.4. The van der Waals surface area contributed by atoms with Gasteiger partial charge in [0.1, 0.15) is 6.54 Å². The fourth-order valence-electron chi connectivity index (χ4n) is 2.22. The van der Waals surface area contributed by atoms with Crippen molar-refractivity contribution in [2.45, 2.75) is 6.42 Å². The first kappa shape index (κ1) is 18.3. The van der Waals surface area contributed by atoms with Gasteiger partial charge in [0.25, 0.3) is 0 Å². The van der Waals surface area contributed by atoms with Crippen LogP contribution >= 0.6 is 11.6 Å². The van der Waals surface area contributed by atoms with Gasteiger partial charge in [0, 0.05) is 11.6 Å². The molecule has 7 heteroatoms. The fourth-order valence-corrected chi connectivity index (χ4v) is 3.29. The van der Waals surface area contributed by atoms with E-state index >= 15 is 0 Å². The van der Waals surface area contributed by atoms with E-state index in [4.69, 9.17) is 11.6 Å². The normalized spacial score (nSPS) is 11.1. The van der Waals surface area contributed by atoms with Crippen molar-refractivity contribution >= 4 is 33.2 Å². The SMILES string of the molecule is CS(=O)(=O)N(CC(=O)NCCc1cccc(Cl)c1)c1ccccc1. The smallest absolute Gasteiger partial charge is 0.240 e. The average Bonchev–Trinajstić information content (AvgIpc) is 2.52. The van der Waals surface area contributed by atoms with E-state index in [1.807, 2.05) is 18.2 Å². The van der Waals surface area contributed by atoms with Crippen molar-refractivity contribution in [3.8, 4) is 0 Å². The number of anilines is 1. The van der Waals surface area contributed by atoms with Gasteiger partial charge in [0.15, 0.2) is 0 Å². The summed E-state index contributed by atoms with van der Waals surface area (Å²) in [5.41, 5.74) is 1.47. The molecule has 0 bridgehead atoms. The third kappa shape index (κ3) is 5.54. The molecule has 1 amide bonds. The number of para-hydroxylation sites is 1. The first-order valence-corrected chi connectivity index (χ1v) is 9.63. The minimum atomic E-state index is -3.54. The highest BCUT2D eigenvalue weighted by Crippen LogP contribution is 2.16. The molecule has 2 aromatic rings. The zero-order valence-corrected chi connectivity index (χ0v) is 14.8. The molecule has 0 aliphatic heterocycles. The van der Waals surface area contributed by atoms with Crippen LogP contribution in [0.1, 0.15) is 5.56 Å². The highest BCUT2D eigenvalue weighted by atomic mass is 35.5. The molecule has 0 aliphatic rings. The van der Waals surface area contributed by atoms with Crippen molar-refractivity contribution in [3.63, 3.8) is 0 Å². The summed E-state index contributed by atoms with van der Waals surface area (Å²) in [5, 5.41) is 3.38. The molecular formula is C17H19ClN2O3S. The Morgan fingerprint density at radius 3 is 2.46 bits per heavy atom. The second-order valence-corrected chi connectivity index (χ2v) is 7.68. The fraction of sp³-hybridized carbons (Fsp3) is 0.235. The average molecular weight is 367 g/mol. The first-order valence-electron chi connectivity index (χ1n) is 7.40. The van der Waals surface area contributed by atoms with Crippen molar-refractivity contribution in [2.24, 2.45) is 0 Å². The second kappa shape index (κ2) is 8.17. The number of carbonyl (C=O) groups excluding carboxylic acids is 1. The van der Waals surface area contributed by atoms with Crippen LogP contribution in [0.2, 0.25) is 5.02 Å². The van der Waals surface area contributed by atoms with Crippen LogP contribution in [0.5, 0.6) is 0 Å². The summed E-state index contributed by atoms with van der Waals surface area (Å²) < 4.78 is 24.9. The van der Waals surface area contributed by atoms with E-state index in [-0.39, 0.29) is 12.5 Å². The van der Waals surface area contributed by atoms with Gasteiger partial charge in [0.2, 0.25) is 15.9 Å². The van der Waals surface area contributed by atoms with Gasteiger partial charge in [-0.05, 0) is 36.2 Å². The summed E-state index contributed by atoms with van der Waals surface area (Å²) in [4.78, 5) is 12.1. The molecule has 5 nitrogen and oxygen atoms in total. The topological polar surface area (TPSA) is 66.5 Å². The van der Waals surface area contributed by atoms with Crippen molar-refractivity contribution in [1.29, 1.82) is 0 Å². The van der Waals surface area contributed by atoms with E-state index in [0.717, 1.165) is 16.1 Å². The highest BCUT2D eigenvalue weighted by Gasteiger charge is 2.20. The maximum Gasteiger partial charge on any atom is 0.240 e. The summed E-state index contributed by atoms with van der Waals surface area (Å²) in [6, 6.07) is 15.9. The van der Waals surface area contributed by atoms with Crippen LogP contribution in [0.25, 0.3) is 0 Å². The van der Waals surface area contributed by atoms with Crippen LogP contribution in [0.3, 0.4) is 0 Å². The molecule has 0 aromatic heterocycles. The molecule has 0 unspecified atom stereocenters. The Morgan fingerprint density at radius 2 is 1.83 bits per heavy atom. The molecule has 2 rings (SSSR count). The maximum absolute atomic E-state index is 12.1. The van der Waals surface area contributed by atoms with Gasteiger partial charge in [-0.1, -0.05) is 41.9 Å². The molecule has 2 aromatic carbocycles. The zero-order valence-electron chi connectivity index (χ0n) is 13.3. The molecule has 0 heterocycles. The number of nitrogens with one attached hydrogen (secondary N) is 1. The third-order valence-corrected chi connectivity index (χ3v) is 4.73. The number of benzene rings is 2. The van der Waals surface area contributed by atoms with Crippen molar-refractivity contribution in [1.82, 2.24) is 5.32 Å². The van der Waals surface area contributed by atoms with Gasteiger partial charge in [-0.15, -0.1) is 0 Å². The van der Waals surface area contributed by atoms with Gasteiger partial charge in [-0.25, -0.2) is 8.42 Å². The predicted octanol–water partition coefficient (Wildman–Crippen LogP) is 2.46. The second-order valence-electron chi connectivity index (χ2n) is 5.34. The number of hydrogen-bond acceptors (Lipinski definition) is 3. The summed E-state index contributed by atoms with van der Waals surface area (Å²) in [6.45, 7) is 0.157. The Kier molecular flexibility index (Phi) is 6.23. The molecule has 0 aliphatic carbocycles. The monoisotopic (exact) mass is 366 g/mol. The van der Waals surface area contributed by atoms with Gasteiger partial charge < -0.3 is 5.32 Å². The molecule has 0 fully saturated rings. The van der Waals surface area contributed by atoms with E-state index in [1.165, 1.54) is 0 Å². The Morgan fingerprint density at radius 1 is 1.12 bits per heavy atom. The third-order valence-electron chi connectivity index (χ3n) is 3.36. The van der Waals surface area contributed by atoms with Crippen LogP contribution in [0.15, 0.2) is 54.6 Å². The minimum absolute atomic E-state index is 0.252. The lowest BCUT2D eigenvalue weighted by atomic mass is 10.1. The Bertz CT molecular complexity index is 794. The number of amides is 1. The Hall–Kier alpha value is -2.05. The van der Waals surface area contributed by atoms with Crippen LogP contribution in [-0.4, -0.2) is 33.7 Å². The lowest BCUT2D eigenvalue weighted by Gasteiger charge is -2.21. The van der Waals surface area contributed by atoms with Crippen molar-refractivity contribution in [2.75, 3.05) is 23.7 Å².